The van der Waals surface area contributed by atoms with Gasteiger partial charge in [-0.25, -0.2) is 8.42 Å². The van der Waals surface area contributed by atoms with Crippen molar-refractivity contribution in [3.05, 3.63) is 0 Å². The third-order valence-corrected chi connectivity index (χ3v) is 6.35. The summed E-state index contributed by atoms with van der Waals surface area (Å²) in [6.45, 7) is 0.944. The normalized spacial score (nSPS) is 26.6. The van der Waals surface area contributed by atoms with Gasteiger partial charge in [0.1, 0.15) is 0 Å². The molecule has 0 aromatic carbocycles. The van der Waals surface area contributed by atoms with Crippen LogP contribution in [0, 0.1) is 5.92 Å². The van der Waals surface area contributed by atoms with E-state index in [9.17, 15) is 8.42 Å². The van der Waals surface area contributed by atoms with E-state index in [0.717, 1.165) is 18.4 Å². The molecule has 0 spiro atoms. The van der Waals surface area contributed by atoms with Crippen LogP contribution in [-0.2, 0) is 9.84 Å². The van der Waals surface area contributed by atoms with Gasteiger partial charge in [0.2, 0.25) is 0 Å². The van der Waals surface area contributed by atoms with Gasteiger partial charge in [0.25, 0.3) is 0 Å². The van der Waals surface area contributed by atoms with Gasteiger partial charge in [0, 0.05) is 19.6 Å². The zero-order valence-electron chi connectivity index (χ0n) is 13.5. The molecule has 1 unspecified atom stereocenters. The number of halogens is 1. The molecule has 1 saturated carbocycles. The number of sulfone groups is 1. The monoisotopic (exact) mass is 443 g/mol. The van der Waals surface area contributed by atoms with Gasteiger partial charge < -0.3 is 10.6 Å². The number of hydrogen-bond donors (Lipinski definition) is 2. The number of nitrogens with one attached hydrogen (secondary N) is 2. The summed E-state index contributed by atoms with van der Waals surface area (Å²) >= 11 is 0. The first-order chi connectivity index (χ1) is 10.1. The van der Waals surface area contributed by atoms with E-state index in [2.05, 4.69) is 15.6 Å². The van der Waals surface area contributed by atoms with Crippen LogP contribution >= 0.6 is 24.0 Å². The molecule has 2 rings (SSSR count). The third-order valence-electron chi connectivity index (χ3n) is 4.58. The van der Waals surface area contributed by atoms with Crippen LogP contribution in [0.1, 0.15) is 51.4 Å². The summed E-state index contributed by atoms with van der Waals surface area (Å²) in [5.41, 5.74) is 0. The fraction of sp³-hybridized carbons (Fsp3) is 0.933. The second kappa shape index (κ2) is 9.95. The molecule has 1 aliphatic carbocycles. The maximum atomic E-state index is 11.5. The van der Waals surface area contributed by atoms with Gasteiger partial charge in [0.05, 0.1) is 11.5 Å². The Morgan fingerprint density at radius 2 is 1.73 bits per heavy atom. The maximum Gasteiger partial charge on any atom is 0.191 e. The Bertz CT molecular complexity index is 446. The highest BCUT2D eigenvalue weighted by atomic mass is 127. The van der Waals surface area contributed by atoms with E-state index in [1.807, 2.05) is 0 Å². The van der Waals surface area contributed by atoms with Crippen molar-refractivity contribution in [1.29, 1.82) is 0 Å². The quantitative estimate of drug-likeness (QED) is 0.399. The smallest absolute Gasteiger partial charge is 0.191 e. The Balaban J connectivity index is 0.00000242. The zero-order chi connectivity index (χ0) is 15.1. The molecule has 0 aromatic rings. The second-order valence-electron chi connectivity index (χ2n) is 6.41. The predicted octanol–water partition coefficient (Wildman–Crippen LogP) is 2.32. The lowest BCUT2D eigenvalue weighted by Gasteiger charge is -2.22. The van der Waals surface area contributed by atoms with Gasteiger partial charge in [-0.3, -0.25) is 4.99 Å². The van der Waals surface area contributed by atoms with Gasteiger partial charge >= 0.3 is 0 Å². The standard InChI is InChI=1S/C15H29N3O2S.HI/c1-16-15(18-14-9-10-21(19,20)12-14)17-11-13-7-5-3-2-4-6-8-13;/h13-14H,2-12H2,1H3,(H2,16,17,18);1H. The predicted molar refractivity (Wildman–Crippen MR) is 103 cm³/mol. The number of nitrogens with zero attached hydrogens (tertiary/aromatic N) is 1. The first-order valence-corrected chi connectivity index (χ1v) is 10.1. The molecule has 130 valence electrons. The average Bonchev–Trinajstić information content (AvgIpc) is 2.75. The van der Waals surface area contributed by atoms with E-state index in [1.165, 1.54) is 44.9 Å². The Labute approximate surface area is 152 Å². The summed E-state index contributed by atoms with van der Waals surface area (Å²) in [5, 5.41) is 6.63. The van der Waals surface area contributed by atoms with Crippen LogP contribution < -0.4 is 10.6 Å². The van der Waals surface area contributed by atoms with E-state index in [0.29, 0.717) is 12.2 Å². The van der Waals surface area contributed by atoms with Gasteiger partial charge in [0.15, 0.2) is 15.8 Å². The average molecular weight is 443 g/mol. The number of rotatable bonds is 3. The summed E-state index contributed by atoms with van der Waals surface area (Å²) < 4.78 is 23.0. The summed E-state index contributed by atoms with van der Waals surface area (Å²) in [4.78, 5) is 4.23. The first-order valence-electron chi connectivity index (χ1n) is 8.26. The molecule has 1 atom stereocenters. The number of aliphatic imine (C=N–C) groups is 1. The molecule has 2 fully saturated rings. The highest BCUT2D eigenvalue weighted by Crippen LogP contribution is 2.21. The Kier molecular flexibility index (Phi) is 9.04. The van der Waals surface area contributed by atoms with E-state index in [-0.39, 0.29) is 35.8 Å². The Morgan fingerprint density at radius 1 is 1.09 bits per heavy atom. The van der Waals surface area contributed by atoms with Crippen LogP contribution in [0.2, 0.25) is 0 Å². The highest BCUT2D eigenvalue weighted by Gasteiger charge is 2.28. The topological polar surface area (TPSA) is 70.6 Å². The van der Waals surface area contributed by atoms with Gasteiger partial charge in [-0.15, -0.1) is 24.0 Å². The van der Waals surface area contributed by atoms with Crippen molar-refractivity contribution in [3.8, 4) is 0 Å². The molecule has 2 aliphatic rings. The van der Waals surface area contributed by atoms with Crippen molar-refractivity contribution >= 4 is 39.8 Å². The van der Waals surface area contributed by atoms with Gasteiger partial charge in [-0.1, -0.05) is 32.1 Å². The molecular formula is C15H30IN3O2S. The Morgan fingerprint density at radius 3 is 2.27 bits per heavy atom. The fourth-order valence-corrected chi connectivity index (χ4v) is 4.96. The van der Waals surface area contributed by atoms with Gasteiger partial charge in [-0.2, -0.15) is 0 Å². The van der Waals surface area contributed by atoms with Crippen molar-refractivity contribution < 1.29 is 8.42 Å². The Hall–Kier alpha value is -0.0500. The molecule has 2 N–H and O–H groups in total. The summed E-state index contributed by atoms with van der Waals surface area (Å²) in [6, 6.07) is 0.0125. The third kappa shape index (κ3) is 7.02. The van der Waals surface area contributed by atoms with Crippen LogP contribution in [0.25, 0.3) is 0 Å². The number of hydrogen-bond acceptors (Lipinski definition) is 3. The molecule has 5 nitrogen and oxygen atoms in total. The maximum absolute atomic E-state index is 11.5. The molecule has 0 amide bonds. The minimum Gasteiger partial charge on any atom is -0.356 e. The lowest BCUT2D eigenvalue weighted by Crippen LogP contribution is -2.45. The van der Waals surface area contributed by atoms with Crippen molar-refractivity contribution in [2.75, 3.05) is 25.1 Å². The largest absolute Gasteiger partial charge is 0.356 e. The summed E-state index contributed by atoms with van der Waals surface area (Å²) in [7, 11) is -1.09. The zero-order valence-corrected chi connectivity index (χ0v) is 16.7. The minimum atomic E-state index is -2.84. The highest BCUT2D eigenvalue weighted by molar-refractivity contribution is 14.0. The molecular weight excluding hydrogens is 413 g/mol. The SMILES string of the molecule is CN=C(NCC1CCCCCCC1)NC1CCS(=O)(=O)C1.I. The van der Waals surface area contributed by atoms with Gasteiger partial charge in [-0.05, 0) is 25.2 Å². The van der Waals surface area contributed by atoms with E-state index < -0.39 is 9.84 Å². The van der Waals surface area contributed by atoms with Crippen molar-refractivity contribution in [3.63, 3.8) is 0 Å². The molecule has 0 radical (unpaired) electrons. The summed E-state index contributed by atoms with van der Waals surface area (Å²) in [5.74, 6) is 2.00. The lowest BCUT2D eigenvalue weighted by molar-refractivity contribution is 0.374. The molecule has 1 heterocycles. The van der Waals surface area contributed by atoms with Crippen LogP contribution in [0.15, 0.2) is 4.99 Å². The molecule has 1 aliphatic heterocycles. The van der Waals surface area contributed by atoms with Crippen LogP contribution in [0.4, 0.5) is 0 Å². The van der Waals surface area contributed by atoms with Crippen molar-refractivity contribution in [2.45, 2.75) is 57.4 Å². The van der Waals surface area contributed by atoms with E-state index in [1.54, 1.807) is 7.05 Å². The molecule has 1 saturated heterocycles. The minimum absolute atomic E-state index is 0. The lowest BCUT2D eigenvalue weighted by atomic mass is 9.91. The molecule has 0 aromatic heterocycles. The first kappa shape index (κ1) is 20.0. The van der Waals surface area contributed by atoms with Crippen LogP contribution in [-0.4, -0.2) is 45.5 Å². The van der Waals surface area contributed by atoms with Crippen molar-refractivity contribution in [1.82, 2.24) is 10.6 Å². The van der Waals surface area contributed by atoms with Crippen LogP contribution in [0.5, 0.6) is 0 Å². The van der Waals surface area contributed by atoms with Crippen molar-refractivity contribution in [2.24, 2.45) is 10.9 Å². The molecule has 7 heteroatoms. The summed E-state index contributed by atoms with van der Waals surface area (Å²) in [6.07, 6.45) is 10.1. The van der Waals surface area contributed by atoms with E-state index >= 15 is 0 Å². The fourth-order valence-electron chi connectivity index (χ4n) is 3.28. The molecule has 22 heavy (non-hydrogen) atoms. The van der Waals surface area contributed by atoms with Crippen LogP contribution in [0.3, 0.4) is 0 Å². The molecule has 0 bridgehead atoms. The number of guanidine groups is 1. The van der Waals surface area contributed by atoms with E-state index in [4.69, 9.17) is 0 Å². The second-order valence-corrected chi connectivity index (χ2v) is 8.64.